The Labute approximate surface area is 207 Å². The summed E-state index contributed by atoms with van der Waals surface area (Å²) < 4.78 is 33.6. The summed E-state index contributed by atoms with van der Waals surface area (Å²) >= 11 is 0. The van der Waals surface area contributed by atoms with Crippen molar-refractivity contribution < 1.29 is 18.3 Å². The molecule has 1 aliphatic carbocycles. The first-order valence-electron chi connectivity index (χ1n) is 12.1. The third-order valence-electron chi connectivity index (χ3n) is 5.89. The quantitative estimate of drug-likeness (QED) is 0.335. The van der Waals surface area contributed by atoms with Gasteiger partial charge in [-0.3, -0.25) is 4.79 Å². The van der Waals surface area contributed by atoms with Gasteiger partial charge in [-0.15, -0.1) is 0 Å². The lowest BCUT2D eigenvalue weighted by Crippen LogP contribution is -2.27. The molecule has 3 N–H and O–H groups in total. The van der Waals surface area contributed by atoms with Crippen molar-refractivity contribution in [2.24, 2.45) is 5.92 Å². The predicted octanol–water partition coefficient (Wildman–Crippen LogP) is 5.14. The fourth-order valence-corrected chi connectivity index (χ4v) is 5.66. The topological polar surface area (TPSA) is 105 Å². The first-order chi connectivity index (χ1) is 16.6. The zero-order chi connectivity index (χ0) is 25.3. The molecule has 0 aliphatic heterocycles. The van der Waals surface area contributed by atoms with Crippen LogP contribution in [0.2, 0.25) is 0 Å². The van der Waals surface area contributed by atoms with Crippen LogP contribution in [0.3, 0.4) is 0 Å². The van der Waals surface area contributed by atoms with Gasteiger partial charge in [0.25, 0.3) is 5.91 Å². The molecule has 1 saturated carbocycles. The largest absolute Gasteiger partial charge is 0.374 e. The Hall–Kier alpha value is -2.75. The molecule has 9 heteroatoms. The van der Waals surface area contributed by atoms with Gasteiger partial charge in [0.2, 0.25) is 0 Å². The minimum Gasteiger partial charge on any atom is -0.374 e. The molecule has 4 rings (SSSR count). The number of amides is 1. The van der Waals surface area contributed by atoms with Crippen molar-refractivity contribution in [3.05, 3.63) is 53.2 Å². The summed E-state index contributed by atoms with van der Waals surface area (Å²) in [7, 11) is -1.65. The molecule has 8 nitrogen and oxygen atoms in total. The molecule has 0 bridgehead atoms. The molecule has 1 heterocycles. The Bertz CT molecular complexity index is 1260. The van der Waals surface area contributed by atoms with E-state index in [0.29, 0.717) is 29.4 Å². The molecular formula is C26H35N4O4S+. The average molecular weight is 500 g/mol. The van der Waals surface area contributed by atoms with Crippen LogP contribution in [0.5, 0.6) is 0 Å². The van der Waals surface area contributed by atoms with Crippen LogP contribution in [-0.4, -0.2) is 39.1 Å². The van der Waals surface area contributed by atoms with Crippen LogP contribution >= 0.6 is 0 Å². The van der Waals surface area contributed by atoms with Gasteiger partial charge >= 0.3 is 10.4 Å². The fourth-order valence-electron chi connectivity index (χ4n) is 4.16. The number of hydrogen-bond acceptors (Lipinski definition) is 4. The molecular weight excluding hydrogens is 464 g/mol. The Morgan fingerprint density at radius 2 is 1.89 bits per heavy atom. The van der Waals surface area contributed by atoms with E-state index in [4.69, 9.17) is 9.84 Å². The number of hydrogen-bond donors (Lipinski definition) is 3. The average Bonchev–Trinajstić information content (AvgIpc) is 3.56. The fraction of sp³-hybridized carbons (Fsp3) is 0.462. The van der Waals surface area contributed by atoms with Gasteiger partial charge in [0.15, 0.2) is 5.75 Å². The second-order valence-corrected chi connectivity index (χ2v) is 11.7. The van der Waals surface area contributed by atoms with E-state index in [1.165, 1.54) is 0 Å². The van der Waals surface area contributed by atoms with Gasteiger partial charge in [-0.1, -0.05) is 26.0 Å². The normalized spacial score (nSPS) is 15.5. The first kappa shape index (κ1) is 25.3. The number of carbonyl (C=O) groups is 1. The number of nitrogens with one attached hydrogen (secondary N) is 2. The molecule has 0 radical (unpaired) electrons. The monoisotopic (exact) mass is 499 g/mol. The third-order valence-corrected chi connectivity index (χ3v) is 7.55. The lowest BCUT2D eigenvalue weighted by molar-refractivity contribution is 0.0657. The summed E-state index contributed by atoms with van der Waals surface area (Å²) in [5.74, 6) is 0.284. The SMILES string of the molecule is CNC(=O)c1c2cc(C3CC3)c(N[S+](=O)(O)CC(C)C)cc2nn1-c1ccc(COC(C)C)cc1. The molecule has 2 aromatic carbocycles. The van der Waals surface area contributed by atoms with Crippen molar-refractivity contribution in [1.82, 2.24) is 15.1 Å². The van der Waals surface area contributed by atoms with E-state index in [1.807, 2.05) is 58.0 Å². The second kappa shape index (κ2) is 10.1. The van der Waals surface area contributed by atoms with Crippen LogP contribution in [0.15, 0.2) is 36.4 Å². The molecule has 0 saturated heterocycles. The van der Waals surface area contributed by atoms with Crippen molar-refractivity contribution in [1.29, 1.82) is 0 Å². The summed E-state index contributed by atoms with van der Waals surface area (Å²) in [5.41, 5.74) is 4.38. The van der Waals surface area contributed by atoms with Gasteiger partial charge in [-0.05, 0) is 72.2 Å². The van der Waals surface area contributed by atoms with E-state index in [1.54, 1.807) is 17.8 Å². The number of carbonyl (C=O) groups excluding carboxylic acids is 1. The van der Waals surface area contributed by atoms with Crippen molar-refractivity contribution in [3.8, 4) is 5.69 Å². The van der Waals surface area contributed by atoms with E-state index >= 15 is 0 Å². The molecule has 188 valence electrons. The molecule has 1 aromatic heterocycles. The molecule has 1 aliphatic rings. The van der Waals surface area contributed by atoms with Gasteiger partial charge < -0.3 is 10.1 Å². The number of aromatic nitrogens is 2. The van der Waals surface area contributed by atoms with Gasteiger partial charge in [-0.25, -0.2) is 4.68 Å². The highest BCUT2D eigenvalue weighted by Gasteiger charge is 2.33. The van der Waals surface area contributed by atoms with Crippen molar-refractivity contribution in [3.63, 3.8) is 0 Å². The summed E-state index contributed by atoms with van der Waals surface area (Å²) in [6, 6.07) is 11.5. The van der Waals surface area contributed by atoms with Crippen LogP contribution in [0.25, 0.3) is 16.6 Å². The summed E-state index contributed by atoms with van der Waals surface area (Å²) in [5, 5.41) is 8.19. The standard InChI is InChI=1S/C26H34N4O4S/c1-16(2)15-35(32,33)29-24-13-23-22(12-21(24)19-8-9-19)25(26(31)27-5)30(28-23)20-10-6-18(7-11-20)14-34-17(3)4/h6-7,10-13,16-17,19H,8-9,14-15H2,1-5H3,(H2-,27,28,29,31,32,33)/p+1. The van der Waals surface area contributed by atoms with Crippen LogP contribution in [0, 0.1) is 5.92 Å². The van der Waals surface area contributed by atoms with E-state index in [-0.39, 0.29) is 23.7 Å². The zero-order valence-electron chi connectivity index (χ0n) is 21.0. The van der Waals surface area contributed by atoms with Crippen molar-refractivity contribution in [2.45, 2.75) is 59.2 Å². The Kier molecular flexibility index (Phi) is 7.30. The molecule has 35 heavy (non-hydrogen) atoms. The number of anilines is 1. The number of rotatable bonds is 10. The lowest BCUT2D eigenvalue weighted by atomic mass is 10.0. The highest BCUT2D eigenvalue weighted by atomic mass is 32.3. The van der Waals surface area contributed by atoms with E-state index in [2.05, 4.69) is 10.0 Å². The van der Waals surface area contributed by atoms with E-state index in [0.717, 1.165) is 35.0 Å². The summed E-state index contributed by atoms with van der Waals surface area (Å²) in [6.45, 7) is 8.34. The van der Waals surface area contributed by atoms with Gasteiger partial charge in [-0.2, -0.15) is 14.4 Å². The Morgan fingerprint density at radius 1 is 1.20 bits per heavy atom. The van der Waals surface area contributed by atoms with Crippen LogP contribution in [-0.2, 0) is 26.0 Å². The minimum absolute atomic E-state index is 0.0704. The Morgan fingerprint density at radius 3 is 2.46 bits per heavy atom. The second-order valence-electron chi connectivity index (χ2n) is 9.90. The highest BCUT2D eigenvalue weighted by molar-refractivity contribution is 7.98. The Balaban J connectivity index is 1.79. The molecule has 1 atom stereocenters. The van der Waals surface area contributed by atoms with Gasteiger partial charge in [0, 0.05) is 18.4 Å². The molecule has 1 fully saturated rings. The highest BCUT2D eigenvalue weighted by Crippen LogP contribution is 2.45. The predicted molar refractivity (Wildman–Crippen MR) is 140 cm³/mol. The molecule has 0 spiro atoms. The summed E-state index contributed by atoms with van der Waals surface area (Å²) in [4.78, 5) is 13.0. The maximum Gasteiger partial charge on any atom is 0.311 e. The van der Waals surface area contributed by atoms with Crippen LogP contribution < -0.4 is 10.0 Å². The smallest absolute Gasteiger partial charge is 0.311 e. The van der Waals surface area contributed by atoms with E-state index < -0.39 is 10.4 Å². The van der Waals surface area contributed by atoms with Gasteiger partial charge in [0.05, 0.1) is 29.6 Å². The van der Waals surface area contributed by atoms with E-state index in [9.17, 15) is 13.6 Å². The number of ether oxygens (including phenoxy) is 1. The lowest BCUT2D eigenvalue weighted by Gasteiger charge is -2.13. The van der Waals surface area contributed by atoms with Gasteiger partial charge in [0.1, 0.15) is 5.69 Å². The zero-order valence-corrected chi connectivity index (χ0v) is 21.8. The van der Waals surface area contributed by atoms with Crippen LogP contribution in [0.4, 0.5) is 5.69 Å². The van der Waals surface area contributed by atoms with Crippen LogP contribution in [0.1, 0.15) is 68.1 Å². The van der Waals surface area contributed by atoms with Crippen molar-refractivity contribution >= 4 is 32.9 Å². The molecule has 1 amide bonds. The number of benzene rings is 2. The maximum absolute atomic E-state index is 13.0. The third kappa shape index (κ3) is 5.91. The minimum atomic E-state index is -3.25. The molecule has 3 aromatic rings. The number of fused-ring (bicyclic) bond motifs is 1. The molecule has 1 unspecified atom stereocenters. The maximum atomic E-state index is 13.0. The first-order valence-corrected chi connectivity index (χ1v) is 13.8. The van der Waals surface area contributed by atoms with Crippen molar-refractivity contribution in [2.75, 3.05) is 17.5 Å². The summed E-state index contributed by atoms with van der Waals surface area (Å²) in [6.07, 6.45) is 2.17. The number of nitrogens with zero attached hydrogens (tertiary/aromatic N) is 2.